The van der Waals surface area contributed by atoms with Gasteiger partial charge >= 0.3 is 5.97 Å². The van der Waals surface area contributed by atoms with E-state index >= 15 is 0 Å². The number of aryl methyl sites for hydroxylation is 1. The quantitative estimate of drug-likeness (QED) is 0.886. The summed E-state index contributed by atoms with van der Waals surface area (Å²) in [5.74, 6) is -1.40. The lowest BCUT2D eigenvalue weighted by Crippen LogP contribution is -2.12. The zero-order valence-corrected chi connectivity index (χ0v) is 11.9. The van der Waals surface area contributed by atoms with E-state index in [0.29, 0.717) is 5.69 Å². The highest BCUT2D eigenvalue weighted by Gasteiger charge is 2.24. The largest absolute Gasteiger partial charge is 0.478 e. The first-order chi connectivity index (χ1) is 8.13. The van der Waals surface area contributed by atoms with Crippen molar-refractivity contribution in [3.63, 3.8) is 0 Å². The predicted octanol–water partition coefficient (Wildman–Crippen LogP) is 1.40. The van der Waals surface area contributed by atoms with E-state index in [4.69, 9.17) is 16.7 Å². The molecule has 0 aromatic carbocycles. The molecule has 0 saturated carbocycles. The van der Waals surface area contributed by atoms with Crippen LogP contribution in [0.4, 0.5) is 0 Å². The van der Waals surface area contributed by atoms with Crippen molar-refractivity contribution >= 4 is 27.4 Å². The van der Waals surface area contributed by atoms with Crippen LogP contribution in [0.2, 0.25) is 5.15 Å². The van der Waals surface area contributed by atoms with Crippen LogP contribution in [0.25, 0.3) is 0 Å². The summed E-state index contributed by atoms with van der Waals surface area (Å²) in [6.07, 6.45) is 1.10. The van der Waals surface area contributed by atoms with E-state index in [9.17, 15) is 13.2 Å². The van der Waals surface area contributed by atoms with Crippen LogP contribution in [0, 0.1) is 0 Å². The molecule has 0 bridgehead atoms. The number of hydrogen-bond acceptors (Lipinski definition) is 4. The van der Waals surface area contributed by atoms with E-state index in [0.717, 1.165) is 6.26 Å². The van der Waals surface area contributed by atoms with E-state index in [2.05, 4.69) is 5.10 Å². The number of halogens is 1. The minimum absolute atomic E-state index is 0.0325. The average Bonchev–Trinajstić information content (AvgIpc) is 2.51. The first-order valence-electron chi connectivity index (χ1n) is 5.30. The Bertz CT molecular complexity index is 563. The van der Waals surface area contributed by atoms with E-state index in [1.54, 1.807) is 13.8 Å². The van der Waals surface area contributed by atoms with E-state index < -0.39 is 15.8 Å². The Labute approximate surface area is 110 Å². The fraction of sp³-hybridized carbons (Fsp3) is 0.600. The molecule has 18 heavy (non-hydrogen) atoms. The molecule has 0 fully saturated rings. The molecule has 1 aromatic rings. The lowest BCUT2D eigenvalue weighted by atomic mass is 10.1. The molecule has 1 rings (SSSR count). The summed E-state index contributed by atoms with van der Waals surface area (Å²) in [4.78, 5) is 11.1. The zero-order chi connectivity index (χ0) is 14.1. The summed E-state index contributed by atoms with van der Waals surface area (Å²) in [5, 5.41) is 13.1. The maximum Gasteiger partial charge on any atom is 0.340 e. The Balaban J connectivity index is 3.15. The second-order valence-corrected chi connectivity index (χ2v) is 6.98. The Morgan fingerprint density at radius 2 is 2.06 bits per heavy atom. The van der Waals surface area contributed by atoms with Gasteiger partial charge in [0.05, 0.1) is 18.0 Å². The SMILES string of the molecule is CC(C)c1nn(CCS(C)(=O)=O)c(Cl)c1C(=O)O. The minimum atomic E-state index is -3.15. The molecule has 0 aliphatic carbocycles. The second kappa shape index (κ2) is 5.27. The smallest absolute Gasteiger partial charge is 0.340 e. The van der Waals surface area contributed by atoms with Crippen LogP contribution in [0.15, 0.2) is 0 Å². The summed E-state index contributed by atoms with van der Waals surface area (Å²) in [6, 6.07) is 0. The van der Waals surface area contributed by atoms with Gasteiger partial charge in [-0.2, -0.15) is 5.10 Å². The number of hydrogen-bond donors (Lipinski definition) is 1. The van der Waals surface area contributed by atoms with Crippen molar-refractivity contribution in [2.75, 3.05) is 12.0 Å². The number of aromatic carboxylic acids is 1. The monoisotopic (exact) mass is 294 g/mol. The molecule has 1 aromatic heterocycles. The van der Waals surface area contributed by atoms with Crippen molar-refractivity contribution in [2.24, 2.45) is 0 Å². The van der Waals surface area contributed by atoms with E-state index in [1.807, 2.05) is 0 Å². The van der Waals surface area contributed by atoms with E-state index in [-0.39, 0.29) is 28.9 Å². The maximum absolute atomic E-state index is 11.1. The standard InChI is InChI=1S/C10H15ClN2O4S/c1-6(2)8-7(10(14)15)9(11)13(12-8)4-5-18(3,16)17/h6H,4-5H2,1-3H3,(H,14,15). The number of carboxylic acids is 1. The van der Waals surface area contributed by atoms with Gasteiger partial charge in [-0.15, -0.1) is 0 Å². The lowest BCUT2D eigenvalue weighted by molar-refractivity contribution is 0.0695. The fourth-order valence-corrected chi connectivity index (χ4v) is 2.27. The zero-order valence-electron chi connectivity index (χ0n) is 10.3. The summed E-state index contributed by atoms with van der Waals surface area (Å²) in [6.45, 7) is 3.64. The summed E-state index contributed by atoms with van der Waals surface area (Å²) >= 11 is 5.92. The van der Waals surface area contributed by atoms with Gasteiger partial charge in [-0.3, -0.25) is 4.68 Å². The lowest BCUT2D eigenvalue weighted by Gasteiger charge is -2.01. The summed E-state index contributed by atoms with van der Waals surface area (Å²) < 4.78 is 23.4. The average molecular weight is 295 g/mol. The molecule has 0 aliphatic heterocycles. The molecule has 6 nitrogen and oxygen atoms in total. The van der Waals surface area contributed by atoms with Gasteiger partial charge < -0.3 is 5.11 Å². The first-order valence-corrected chi connectivity index (χ1v) is 7.74. The highest BCUT2D eigenvalue weighted by atomic mass is 35.5. The van der Waals surface area contributed by atoms with Gasteiger partial charge in [0, 0.05) is 6.26 Å². The fourth-order valence-electron chi connectivity index (χ4n) is 1.46. The molecule has 0 amide bonds. The molecule has 1 N–H and O–H groups in total. The topological polar surface area (TPSA) is 89.3 Å². The molecule has 1 heterocycles. The van der Waals surface area contributed by atoms with Crippen LogP contribution in [0.1, 0.15) is 35.8 Å². The molecule has 0 radical (unpaired) electrons. The van der Waals surface area contributed by atoms with Crippen molar-refractivity contribution in [3.05, 3.63) is 16.4 Å². The van der Waals surface area contributed by atoms with Crippen molar-refractivity contribution in [1.29, 1.82) is 0 Å². The van der Waals surface area contributed by atoms with Crippen LogP contribution >= 0.6 is 11.6 Å². The van der Waals surface area contributed by atoms with E-state index in [1.165, 1.54) is 4.68 Å². The molecular formula is C10H15ClN2O4S. The van der Waals surface area contributed by atoms with Gasteiger partial charge in [0.25, 0.3) is 0 Å². The molecular weight excluding hydrogens is 280 g/mol. The van der Waals surface area contributed by atoms with Crippen LogP contribution < -0.4 is 0 Å². The van der Waals surface area contributed by atoms with Crippen molar-refractivity contribution < 1.29 is 18.3 Å². The number of carbonyl (C=O) groups is 1. The first kappa shape index (κ1) is 15.0. The Morgan fingerprint density at radius 3 is 2.39 bits per heavy atom. The Kier molecular flexibility index (Phi) is 4.39. The predicted molar refractivity (Wildman–Crippen MR) is 68.0 cm³/mol. The number of rotatable bonds is 5. The van der Waals surface area contributed by atoms with Gasteiger partial charge in [-0.1, -0.05) is 25.4 Å². The highest BCUT2D eigenvalue weighted by molar-refractivity contribution is 7.90. The maximum atomic E-state index is 11.1. The van der Waals surface area contributed by atoms with Gasteiger partial charge in [-0.25, -0.2) is 13.2 Å². The normalized spacial score (nSPS) is 12.1. The minimum Gasteiger partial charge on any atom is -0.478 e. The van der Waals surface area contributed by atoms with Crippen LogP contribution in [0.5, 0.6) is 0 Å². The highest BCUT2D eigenvalue weighted by Crippen LogP contribution is 2.25. The van der Waals surface area contributed by atoms with Crippen molar-refractivity contribution in [1.82, 2.24) is 9.78 Å². The van der Waals surface area contributed by atoms with Gasteiger partial charge in [0.15, 0.2) is 0 Å². The molecule has 0 atom stereocenters. The summed E-state index contributed by atoms with van der Waals surface area (Å²) in [7, 11) is -3.15. The third-order valence-corrected chi connectivity index (χ3v) is 3.66. The third kappa shape index (κ3) is 3.46. The molecule has 0 unspecified atom stereocenters. The second-order valence-electron chi connectivity index (χ2n) is 4.36. The van der Waals surface area contributed by atoms with Crippen LogP contribution in [-0.2, 0) is 16.4 Å². The molecule has 0 aliphatic rings. The molecule has 8 heteroatoms. The van der Waals surface area contributed by atoms with Gasteiger partial charge in [-0.05, 0) is 5.92 Å². The Morgan fingerprint density at radius 1 is 1.50 bits per heavy atom. The number of aromatic nitrogens is 2. The summed E-state index contributed by atoms with van der Waals surface area (Å²) in [5.41, 5.74) is 0.307. The number of nitrogens with zero attached hydrogens (tertiary/aromatic N) is 2. The number of carboxylic acid groups (broad SMARTS) is 1. The Hall–Kier alpha value is -1.08. The van der Waals surface area contributed by atoms with Crippen LogP contribution in [-0.4, -0.2) is 41.3 Å². The van der Waals surface area contributed by atoms with Crippen molar-refractivity contribution in [3.8, 4) is 0 Å². The third-order valence-electron chi connectivity index (χ3n) is 2.35. The molecule has 0 spiro atoms. The van der Waals surface area contributed by atoms with Crippen molar-refractivity contribution in [2.45, 2.75) is 26.3 Å². The van der Waals surface area contributed by atoms with Gasteiger partial charge in [0.1, 0.15) is 20.6 Å². The van der Waals surface area contributed by atoms with Gasteiger partial charge in [0.2, 0.25) is 0 Å². The molecule has 0 saturated heterocycles. The number of sulfone groups is 1. The van der Waals surface area contributed by atoms with Crippen LogP contribution in [0.3, 0.4) is 0 Å². The molecule has 102 valence electrons.